The minimum absolute atomic E-state index is 0.437. The Bertz CT molecular complexity index is 383. The molecule has 0 aromatic carbocycles. The van der Waals surface area contributed by atoms with Gasteiger partial charge in [-0.2, -0.15) is 0 Å². The molecular formula is C14H23N3O. The number of rotatable bonds is 5. The maximum atomic E-state index is 4.96. The minimum Gasteiger partial charge on any atom is -0.467 e. The molecule has 18 heavy (non-hydrogen) atoms. The topological polar surface area (TPSA) is 38.2 Å². The largest absolute Gasteiger partial charge is 0.467 e. The zero-order valence-corrected chi connectivity index (χ0v) is 11.8. The highest BCUT2D eigenvalue weighted by Gasteiger charge is 2.38. The fourth-order valence-corrected chi connectivity index (χ4v) is 3.05. The standard InChI is InChI=1S/C14H23N3O/c1-11(2)5-14(3)9-17(10-14)8-12-6-15-13(18-4)16-7-12/h6-7,11H,5,8-10H2,1-4H3. The number of nitrogens with zero attached hydrogens (tertiary/aromatic N) is 3. The van der Waals surface area contributed by atoms with Crippen molar-refractivity contribution in [3.05, 3.63) is 18.0 Å². The Balaban J connectivity index is 1.82. The summed E-state index contributed by atoms with van der Waals surface area (Å²) >= 11 is 0. The van der Waals surface area contributed by atoms with Gasteiger partial charge in [0.1, 0.15) is 0 Å². The number of aromatic nitrogens is 2. The average molecular weight is 249 g/mol. The van der Waals surface area contributed by atoms with E-state index < -0.39 is 0 Å². The minimum atomic E-state index is 0.437. The van der Waals surface area contributed by atoms with Crippen LogP contribution in [-0.4, -0.2) is 35.1 Å². The zero-order chi connectivity index (χ0) is 13.2. The van der Waals surface area contributed by atoms with Crippen LogP contribution in [0, 0.1) is 11.3 Å². The summed E-state index contributed by atoms with van der Waals surface area (Å²) in [6, 6.07) is 0.437. The normalized spacial score (nSPS) is 18.7. The van der Waals surface area contributed by atoms with E-state index >= 15 is 0 Å². The van der Waals surface area contributed by atoms with Crippen LogP contribution in [-0.2, 0) is 6.54 Å². The lowest BCUT2D eigenvalue weighted by molar-refractivity contribution is -0.00651. The van der Waals surface area contributed by atoms with E-state index in [0.29, 0.717) is 11.4 Å². The molecular weight excluding hydrogens is 226 g/mol. The smallest absolute Gasteiger partial charge is 0.316 e. The monoisotopic (exact) mass is 249 g/mol. The molecule has 4 nitrogen and oxygen atoms in total. The quantitative estimate of drug-likeness (QED) is 0.803. The van der Waals surface area contributed by atoms with Crippen molar-refractivity contribution in [2.24, 2.45) is 11.3 Å². The first kappa shape index (κ1) is 13.3. The second kappa shape index (κ2) is 5.22. The molecule has 1 aromatic rings. The van der Waals surface area contributed by atoms with E-state index in [1.807, 2.05) is 12.4 Å². The Morgan fingerprint density at radius 3 is 2.44 bits per heavy atom. The number of methoxy groups -OCH3 is 1. The third-order valence-electron chi connectivity index (χ3n) is 3.38. The Morgan fingerprint density at radius 2 is 1.94 bits per heavy atom. The van der Waals surface area contributed by atoms with Crippen molar-refractivity contribution in [3.63, 3.8) is 0 Å². The third-order valence-corrected chi connectivity index (χ3v) is 3.38. The summed E-state index contributed by atoms with van der Waals surface area (Å²) in [4.78, 5) is 10.7. The van der Waals surface area contributed by atoms with E-state index in [1.54, 1.807) is 7.11 Å². The zero-order valence-electron chi connectivity index (χ0n) is 11.8. The van der Waals surface area contributed by atoms with Gasteiger partial charge in [-0.1, -0.05) is 20.8 Å². The number of hydrogen-bond donors (Lipinski definition) is 0. The molecule has 100 valence electrons. The van der Waals surface area contributed by atoms with Crippen molar-refractivity contribution >= 4 is 0 Å². The maximum absolute atomic E-state index is 4.96. The van der Waals surface area contributed by atoms with Crippen LogP contribution >= 0.6 is 0 Å². The fraction of sp³-hybridized carbons (Fsp3) is 0.714. The lowest BCUT2D eigenvalue weighted by Crippen LogP contribution is -2.54. The summed E-state index contributed by atoms with van der Waals surface area (Å²) in [7, 11) is 1.59. The van der Waals surface area contributed by atoms with Crippen molar-refractivity contribution in [1.29, 1.82) is 0 Å². The van der Waals surface area contributed by atoms with Gasteiger partial charge in [0.2, 0.25) is 0 Å². The molecule has 0 bridgehead atoms. The van der Waals surface area contributed by atoms with Crippen LogP contribution in [0.5, 0.6) is 6.01 Å². The molecule has 0 atom stereocenters. The summed E-state index contributed by atoms with van der Waals surface area (Å²) in [6.07, 6.45) is 5.01. The first-order chi connectivity index (χ1) is 8.50. The highest BCUT2D eigenvalue weighted by molar-refractivity contribution is 5.08. The summed E-state index contributed by atoms with van der Waals surface area (Å²) in [6.45, 7) is 10.3. The van der Waals surface area contributed by atoms with Crippen LogP contribution in [0.3, 0.4) is 0 Å². The molecule has 1 aromatic heterocycles. The molecule has 1 fully saturated rings. The van der Waals surface area contributed by atoms with Gasteiger partial charge in [-0.05, 0) is 17.8 Å². The third kappa shape index (κ3) is 3.19. The van der Waals surface area contributed by atoms with Gasteiger partial charge in [0.05, 0.1) is 7.11 Å². The van der Waals surface area contributed by atoms with Gasteiger partial charge in [-0.3, -0.25) is 4.90 Å². The van der Waals surface area contributed by atoms with E-state index in [9.17, 15) is 0 Å². The molecule has 0 aliphatic carbocycles. The van der Waals surface area contributed by atoms with Crippen LogP contribution in [0.25, 0.3) is 0 Å². The summed E-state index contributed by atoms with van der Waals surface area (Å²) in [5.74, 6) is 0.779. The van der Waals surface area contributed by atoms with Crippen molar-refractivity contribution in [2.75, 3.05) is 20.2 Å². The van der Waals surface area contributed by atoms with Gasteiger partial charge in [0, 0.05) is 37.6 Å². The predicted octanol–water partition coefficient (Wildman–Crippen LogP) is 2.35. The van der Waals surface area contributed by atoms with E-state index in [0.717, 1.165) is 18.0 Å². The van der Waals surface area contributed by atoms with E-state index in [2.05, 4.69) is 35.6 Å². The molecule has 4 heteroatoms. The van der Waals surface area contributed by atoms with E-state index in [-0.39, 0.29) is 0 Å². The van der Waals surface area contributed by atoms with Gasteiger partial charge in [-0.25, -0.2) is 9.97 Å². The first-order valence-electron chi connectivity index (χ1n) is 6.58. The highest BCUT2D eigenvalue weighted by Crippen LogP contribution is 2.36. The Labute approximate surface area is 109 Å². The second-order valence-corrected chi connectivity index (χ2v) is 6.13. The number of hydrogen-bond acceptors (Lipinski definition) is 4. The molecule has 0 N–H and O–H groups in total. The average Bonchev–Trinajstić information content (AvgIpc) is 2.27. The van der Waals surface area contributed by atoms with Crippen molar-refractivity contribution < 1.29 is 4.74 Å². The van der Waals surface area contributed by atoms with Crippen LogP contribution in [0.4, 0.5) is 0 Å². The maximum Gasteiger partial charge on any atom is 0.316 e. The second-order valence-electron chi connectivity index (χ2n) is 6.13. The molecule has 2 heterocycles. The Morgan fingerprint density at radius 1 is 1.33 bits per heavy atom. The van der Waals surface area contributed by atoms with Crippen molar-refractivity contribution in [1.82, 2.24) is 14.9 Å². The lowest BCUT2D eigenvalue weighted by atomic mass is 9.75. The van der Waals surface area contributed by atoms with Gasteiger partial charge in [-0.15, -0.1) is 0 Å². The number of ether oxygens (including phenoxy) is 1. The van der Waals surface area contributed by atoms with Gasteiger partial charge in [0.25, 0.3) is 0 Å². The SMILES string of the molecule is COc1ncc(CN2CC(C)(CC(C)C)C2)cn1. The summed E-state index contributed by atoms with van der Waals surface area (Å²) in [5.41, 5.74) is 1.66. The number of likely N-dealkylation sites (tertiary alicyclic amines) is 1. The van der Waals surface area contributed by atoms with Gasteiger partial charge in [0.15, 0.2) is 0 Å². The van der Waals surface area contributed by atoms with Crippen LogP contribution < -0.4 is 4.74 Å². The van der Waals surface area contributed by atoms with Crippen molar-refractivity contribution in [2.45, 2.75) is 33.7 Å². The molecule has 2 rings (SSSR count). The van der Waals surface area contributed by atoms with Gasteiger partial charge < -0.3 is 4.74 Å². The molecule has 1 aliphatic heterocycles. The molecule has 0 radical (unpaired) electrons. The molecule has 0 spiro atoms. The molecule has 1 saturated heterocycles. The van der Waals surface area contributed by atoms with Crippen molar-refractivity contribution in [3.8, 4) is 6.01 Å². The first-order valence-corrected chi connectivity index (χ1v) is 6.58. The van der Waals surface area contributed by atoms with E-state index in [1.165, 1.54) is 19.5 Å². The Hall–Kier alpha value is -1.16. The summed E-state index contributed by atoms with van der Waals surface area (Å²) in [5, 5.41) is 0. The molecule has 0 unspecified atom stereocenters. The molecule has 1 aliphatic rings. The molecule has 0 amide bonds. The van der Waals surface area contributed by atoms with Crippen LogP contribution in [0.2, 0.25) is 0 Å². The summed E-state index contributed by atoms with van der Waals surface area (Å²) < 4.78 is 4.96. The highest BCUT2D eigenvalue weighted by atomic mass is 16.5. The van der Waals surface area contributed by atoms with E-state index in [4.69, 9.17) is 4.74 Å². The lowest BCUT2D eigenvalue weighted by Gasteiger charge is -2.49. The van der Waals surface area contributed by atoms with Crippen LogP contribution in [0.1, 0.15) is 32.8 Å². The predicted molar refractivity (Wildman–Crippen MR) is 71.4 cm³/mol. The van der Waals surface area contributed by atoms with Gasteiger partial charge >= 0.3 is 6.01 Å². The van der Waals surface area contributed by atoms with Crippen LogP contribution in [0.15, 0.2) is 12.4 Å². The Kier molecular flexibility index (Phi) is 3.85. The molecule has 0 saturated carbocycles. The fourth-order valence-electron chi connectivity index (χ4n) is 3.05.